The minimum absolute atomic E-state index is 0.0210. The summed E-state index contributed by atoms with van der Waals surface area (Å²) in [5.74, 6) is -0.790. The molecule has 29 heavy (non-hydrogen) atoms. The zero-order chi connectivity index (χ0) is 20.1. The van der Waals surface area contributed by atoms with Gasteiger partial charge in [-0.25, -0.2) is 4.79 Å². The summed E-state index contributed by atoms with van der Waals surface area (Å²) < 4.78 is 11.0. The minimum atomic E-state index is -0.811. The molecule has 0 aromatic heterocycles. The molecule has 1 saturated carbocycles. The number of carbonyl (C=O) groups is 2. The van der Waals surface area contributed by atoms with Gasteiger partial charge >= 0.3 is 12.1 Å². The first-order chi connectivity index (χ1) is 14.0. The van der Waals surface area contributed by atoms with Crippen LogP contribution in [-0.2, 0) is 14.3 Å². The number of hydrogen-bond acceptors (Lipinski definition) is 4. The summed E-state index contributed by atoms with van der Waals surface area (Å²) in [7, 11) is 0. The van der Waals surface area contributed by atoms with Gasteiger partial charge in [-0.15, -0.1) is 0 Å². The summed E-state index contributed by atoms with van der Waals surface area (Å²) >= 11 is 0. The van der Waals surface area contributed by atoms with Crippen molar-refractivity contribution < 1.29 is 24.2 Å². The van der Waals surface area contributed by atoms with Crippen LogP contribution in [-0.4, -0.2) is 43.5 Å². The van der Waals surface area contributed by atoms with Crippen LogP contribution in [0.25, 0.3) is 11.1 Å². The number of aliphatic carboxylic acids is 1. The standard InChI is InChI=1S/C23H23NO5/c25-20(26)23-10-22(11-23,13-28-14-23)12-24-21(27)29-9-19-17-7-3-1-5-15(17)16-6-2-4-8-18(16)19/h1-8,19H,9-14H2,(H,24,27)(H,25,26). The molecule has 2 saturated heterocycles. The van der Waals surface area contributed by atoms with E-state index < -0.39 is 17.5 Å². The Bertz CT molecular complexity index is 933. The van der Waals surface area contributed by atoms with E-state index in [2.05, 4.69) is 29.6 Å². The lowest BCUT2D eigenvalue weighted by atomic mass is 9.51. The normalized spacial score (nSPS) is 26.8. The summed E-state index contributed by atoms with van der Waals surface area (Å²) in [6.07, 6.45) is 0.609. The molecule has 2 aromatic carbocycles. The van der Waals surface area contributed by atoms with Gasteiger partial charge in [0, 0.05) is 17.9 Å². The predicted molar refractivity (Wildman–Crippen MR) is 106 cm³/mol. The van der Waals surface area contributed by atoms with Gasteiger partial charge in [-0.05, 0) is 35.1 Å². The molecular weight excluding hydrogens is 370 g/mol. The molecule has 0 atom stereocenters. The van der Waals surface area contributed by atoms with E-state index in [4.69, 9.17) is 9.47 Å². The van der Waals surface area contributed by atoms with E-state index >= 15 is 0 Å². The molecule has 0 spiro atoms. The van der Waals surface area contributed by atoms with Crippen molar-refractivity contribution in [3.8, 4) is 11.1 Å². The van der Waals surface area contributed by atoms with E-state index in [0.29, 0.717) is 26.0 Å². The average Bonchev–Trinajstić information content (AvgIpc) is 3.04. The molecule has 4 aliphatic rings. The second-order valence-corrected chi connectivity index (χ2v) is 8.61. The largest absolute Gasteiger partial charge is 0.481 e. The van der Waals surface area contributed by atoms with Gasteiger partial charge in [-0.3, -0.25) is 4.79 Å². The van der Waals surface area contributed by atoms with Crippen LogP contribution >= 0.6 is 0 Å². The number of rotatable bonds is 5. The van der Waals surface area contributed by atoms with Crippen molar-refractivity contribution in [2.45, 2.75) is 18.8 Å². The van der Waals surface area contributed by atoms with Gasteiger partial charge in [0.1, 0.15) is 6.61 Å². The molecule has 2 bridgehead atoms. The van der Waals surface area contributed by atoms with Gasteiger partial charge in [0.25, 0.3) is 0 Å². The highest BCUT2D eigenvalue weighted by Crippen LogP contribution is 2.58. The SMILES string of the molecule is O=C(NCC12COCC(C(=O)O)(C1)C2)OCC1c2ccccc2-c2ccccc21. The Morgan fingerprint density at radius 3 is 2.28 bits per heavy atom. The number of alkyl carbamates (subject to hydrolysis) is 1. The van der Waals surface area contributed by atoms with E-state index in [9.17, 15) is 14.7 Å². The molecule has 2 aliphatic heterocycles. The van der Waals surface area contributed by atoms with Crippen molar-refractivity contribution in [1.82, 2.24) is 5.32 Å². The van der Waals surface area contributed by atoms with E-state index in [1.165, 1.54) is 22.3 Å². The molecule has 0 radical (unpaired) electrons. The fraction of sp³-hybridized carbons (Fsp3) is 0.391. The van der Waals surface area contributed by atoms with Crippen molar-refractivity contribution in [2.75, 3.05) is 26.4 Å². The van der Waals surface area contributed by atoms with Crippen molar-refractivity contribution >= 4 is 12.1 Å². The number of fused-ring (bicyclic) bond motifs is 5. The molecule has 2 aliphatic carbocycles. The first kappa shape index (κ1) is 18.2. The van der Waals surface area contributed by atoms with Crippen LogP contribution in [0, 0.1) is 10.8 Å². The maximum absolute atomic E-state index is 12.3. The maximum atomic E-state index is 12.3. The Hall–Kier alpha value is -2.86. The highest BCUT2D eigenvalue weighted by molar-refractivity contribution is 5.79. The number of hydrogen-bond donors (Lipinski definition) is 2. The number of nitrogens with one attached hydrogen (secondary N) is 1. The van der Waals surface area contributed by atoms with E-state index in [-0.39, 0.29) is 24.5 Å². The third-order valence-electron chi connectivity index (χ3n) is 6.62. The molecule has 3 fully saturated rings. The monoisotopic (exact) mass is 393 g/mol. The maximum Gasteiger partial charge on any atom is 0.407 e. The summed E-state index contributed by atoms with van der Waals surface area (Å²) in [6, 6.07) is 16.4. The molecule has 2 aromatic rings. The quantitative estimate of drug-likeness (QED) is 0.813. The van der Waals surface area contributed by atoms with Crippen molar-refractivity contribution in [3.63, 3.8) is 0 Å². The third-order valence-corrected chi connectivity index (χ3v) is 6.62. The van der Waals surface area contributed by atoms with Gasteiger partial charge in [0.15, 0.2) is 0 Å². The van der Waals surface area contributed by atoms with E-state index in [1.54, 1.807) is 0 Å². The number of carboxylic acid groups (broad SMARTS) is 1. The lowest BCUT2D eigenvalue weighted by Gasteiger charge is -2.57. The highest BCUT2D eigenvalue weighted by atomic mass is 16.5. The Balaban J connectivity index is 1.21. The molecule has 2 heterocycles. The van der Waals surface area contributed by atoms with Crippen LogP contribution in [0.2, 0.25) is 0 Å². The summed E-state index contributed by atoms with van der Waals surface area (Å²) in [6.45, 7) is 1.38. The van der Waals surface area contributed by atoms with Crippen LogP contribution in [0.3, 0.4) is 0 Å². The van der Waals surface area contributed by atoms with Crippen LogP contribution in [0.1, 0.15) is 29.9 Å². The first-order valence-electron chi connectivity index (χ1n) is 9.92. The van der Waals surface area contributed by atoms with Crippen molar-refractivity contribution in [1.29, 1.82) is 0 Å². The highest BCUT2D eigenvalue weighted by Gasteiger charge is 2.62. The Morgan fingerprint density at radius 1 is 1.03 bits per heavy atom. The van der Waals surface area contributed by atoms with Crippen LogP contribution in [0.4, 0.5) is 4.79 Å². The number of amides is 1. The Kier molecular flexibility index (Phi) is 4.13. The smallest absolute Gasteiger partial charge is 0.407 e. The molecule has 2 N–H and O–H groups in total. The molecule has 1 amide bonds. The molecule has 0 unspecified atom stereocenters. The number of carboxylic acids is 1. The Labute approximate surface area is 168 Å². The predicted octanol–water partition coefficient (Wildman–Crippen LogP) is 3.41. The molecular formula is C23H23NO5. The molecule has 6 heteroatoms. The molecule has 6 rings (SSSR count). The van der Waals surface area contributed by atoms with Gasteiger partial charge in [0.2, 0.25) is 0 Å². The van der Waals surface area contributed by atoms with Crippen molar-refractivity contribution in [3.05, 3.63) is 59.7 Å². The fourth-order valence-corrected chi connectivity index (χ4v) is 5.35. The zero-order valence-electron chi connectivity index (χ0n) is 16.0. The second-order valence-electron chi connectivity index (χ2n) is 8.61. The van der Waals surface area contributed by atoms with Crippen LogP contribution in [0.15, 0.2) is 48.5 Å². The van der Waals surface area contributed by atoms with Gasteiger partial charge in [0.05, 0.1) is 18.6 Å². The van der Waals surface area contributed by atoms with Crippen molar-refractivity contribution in [2.24, 2.45) is 10.8 Å². The van der Waals surface area contributed by atoms with E-state index in [0.717, 1.165) is 0 Å². The number of carbonyl (C=O) groups excluding carboxylic acids is 1. The lowest BCUT2D eigenvalue weighted by Crippen LogP contribution is -2.63. The summed E-state index contributed by atoms with van der Waals surface area (Å²) in [5.41, 5.74) is 3.66. The van der Waals surface area contributed by atoms with Crippen LogP contribution in [0.5, 0.6) is 0 Å². The number of benzene rings is 2. The van der Waals surface area contributed by atoms with E-state index in [1.807, 2.05) is 24.3 Å². The summed E-state index contributed by atoms with van der Waals surface area (Å²) in [4.78, 5) is 23.8. The van der Waals surface area contributed by atoms with Gasteiger partial charge in [-0.1, -0.05) is 48.5 Å². The first-order valence-corrected chi connectivity index (χ1v) is 9.92. The van der Waals surface area contributed by atoms with Gasteiger partial charge < -0.3 is 19.9 Å². The summed E-state index contributed by atoms with van der Waals surface area (Å²) in [5, 5.41) is 12.2. The number of ether oxygens (including phenoxy) is 2. The van der Waals surface area contributed by atoms with Crippen LogP contribution < -0.4 is 5.32 Å². The lowest BCUT2D eigenvalue weighted by molar-refractivity contribution is -0.211. The van der Waals surface area contributed by atoms with Gasteiger partial charge in [-0.2, -0.15) is 0 Å². The third kappa shape index (κ3) is 2.90. The topological polar surface area (TPSA) is 84.9 Å². The minimum Gasteiger partial charge on any atom is -0.481 e. The average molecular weight is 393 g/mol. The molecule has 150 valence electrons. The molecule has 6 nitrogen and oxygen atoms in total. The second kappa shape index (κ2) is 6.59. The zero-order valence-corrected chi connectivity index (χ0v) is 16.0. The fourth-order valence-electron chi connectivity index (χ4n) is 5.35. The Morgan fingerprint density at radius 2 is 1.66 bits per heavy atom.